The van der Waals surface area contributed by atoms with Gasteiger partial charge in [-0.2, -0.15) is 0 Å². The maximum atomic E-state index is 10.8. The summed E-state index contributed by atoms with van der Waals surface area (Å²) in [6.45, 7) is 6.21. The van der Waals surface area contributed by atoms with Crippen LogP contribution in [0.15, 0.2) is 0 Å². The van der Waals surface area contributed by atoms with Gasteiger partial charge in [-0.05, 0) is 19.8 Å². The van der Waals surface area contributed by atoms with E-state index in [0.717, 1.165) is 0 Å². The van der Waals surface area contributed by atoms with Gasteiger partial charge in [-0.3, -0.25) is 4.79 Å². The first kappa shape index (κ1) is 6.59. The van der Waals surface area contributed by atoms with Gasteiger partial charge in [0.1, 0.15) is 0 Å². The molecule has 1 amide bonds. The minimum atomic E-state index is 0.0249. The molecular formula is C7H13NO. The van der Waals surface area contributed by atoms with Crippen molar-refractivity contribution in [3.63, 3.8) is 0 Å². The third-order valence-electron chi connectivity index (χ3n) is 2.19. The van der Waals surface area contributed by atoms with Crippen LogP contribution < -0.4 is 5.32 Å². The Balaban J connectivity index is 2.69. The summed E-state index contributed by atoms with van der Waals surface area (Å²) in [7, 11) is 0. The van der Waals surface area contributed by atoms with E-state index in [0.29, 0.717) is 12.3 Å². The van der Waals surface area contributed by atoms with Crippen molar-refractivity contribution in [1.29, 1.82) is 0 Å². The monoisotopic (exact) mass is 127 g/mol. The van der Waals surface area contributed by atoms with Gasteiger partial charge in [0.15, 0.2) is 0 Å². The molecule has 1 N–H and O–H groups in total. The van der Waals surface area contributed by atoms with Crippen molar-refractivity contribution >= 4 is 5.91 Å². The third-order valence-corrected chi connectivity index (χ3v) is 2.19. The van der Waals surface area contributed by atoms with E-state index in [1.165, 1.54) is 0 Å². The highest BCUT2D eigenvalue weighted by Crippen LogP contribution is 2.25. The molecule has 0 aromatic rings. The Morgan fingerprint density at radius 1 is 1.67 bits per heavy atom. The Bertz CT molecular complexity index is 140. The first-order valence-corrected chi connectivity index (χ1v) is 3.33. The van der Waals surface area contributed by atoms with E-state index in [1.807, 2.05) is 0 Å². The molecule has 0 bridgehead atoms. The second-order valence-electron chi connectivity index (χ2n) is 3.38. The van der Waals surface area contributed by atoms with Crippen LogP contribution in [0.4, 0.5) is 0 Å². The zero-order valence-corrected chi connectivity index (χ0v) is 6.19. The van der Waals surface area contributed by atoms with E-state index < -0.39 is 0 Å². The summed E-state index contributed by atoms with van der Waals surface area (Å²) in [5.74, 6) is 0.664. The molecule has 2 heteroatoms. The summed E-state index contributed by atoms with van der Waals surface area (Å²) in [5, 5.41) is 2.90. The molecule has 0 aliphatic carbocycles. The maximum absolute atomic E-state index is 10.8. The molecule has 9 heavy (non-hydrogen) atoms. The summed E-state index contributed by atoms with van der Waals surface area (Å²) in [6, 6.07) is 0. The molecule has 0 aromatic heterocycles. The summed E-state index contributed by atoms with van der Waals surface area (Å²) < 4.78 is 0. The predicted octanol–water partition coefficient (Wildman–Crippen LogP) is 0.921. The minimum Gasteiger partial charge on any atom is -0.351 e. The predicted molar refractivity (Wildman–Crippen MR) is 36.0 cm³/mol. The fourth-order valence-electron chi connectivity index (χ4n) is 1.07. The van der Waals surface area contributed by atoms with Gasteiger partial charge in [-0.25, -0.2) is 0 Å². The van der Waals surface area contributed by atoms with Crippen LogP contribution in [0.25, 0.3) is 0 Å². The first-order valence-electron chi connectivity index (χ1n) is 3.33. The van der Waals surface area contributed by atoms with Gasteiger partial charge >= 0.3 is 0 Å². The number of carbonyl (C=O) groups is 1. The molecule has 1 unspecified atom stereocenters. The molecule has 1 heterocycles. The number of hydrogen-bond donors (Lipinski definition) is 1. The standard InChI is InChI=1S/C7H13NO/c1-5-4-6(9)8-7(5,2)3/h5H,4H2,1-3H3,(H,8,9). The van der Waals surface area contributed by atoms with Gasteiger partial charge < -0.3 is 5.32 Å². The number of rotatable bonds is 0. The smallest absolute Gasteiger partial charge is 0.220 e. The second kappa shape index (κ2) is 1.72. The SMILES string of the molecule is CC1CC(=O)NC1(C)C. The van der Waals surface area contributed by atoms with Gasteiger partial charge in [0.05, 0.1) is 0 Å². The van der Waals surface area contributed by atoms with Crippen molar-refractivity contribution in [2.75, 3.05) is 0 Å². The van der Waals surface area contributed by atoms with E-state index in [4.69, 9.17) is 0 Å². The highest BCUT2D eigenvalue weighted by molar-refractivity contribution is 5.79. The van der Waals surface area contributed by atoms with Crippen molar-refractivity contribution in [2.45, 2.75) is 32.7 Å². The Hall–Kier alpha value is -0.530. The molecule has 1 atom stereocenters. The topological polar surface area (TPSA) is 29.1 Å². The zero-order chi connectivity index (χ0) is 7.07. The number of hydrogen-bond acceptors (Lipinski definition) is 1. The van der Waals surface area contributed by atoms with Crippen LogP contribution in [0.2, 0.25) is 0 Å². The van der Waals surface area contributed by atoms with Crippen LogP contribution in [-0.4, -0.2) is 11.4 Å². The lowest BCUT2D eigenvalue weighted by Gasteiger charge is -2.22. The summed E-state index contributed by atoms with van der Waals surface area (Å²) in [6.07, 6.45) is 0.687. The molecule has 1 rings (SSSR count). The molecule has 0 aromatic carbocycles. The maximum Gasteiger partial charge on any atom is 0.220 e. The van der Waals surface area contributed by atoms with Crippen molar-refractivity contribution in [3.05, 3.63) is 0 Å². The molecule has 0 spiro atoms. The minimum absolute atomic E-state index is 0.0249. The lowest BCUT2D eigenvalue weighted by Crippen LogP contribution is -2.38. The van der Waals surface area contributed by atoms with Crippen molar-refractivity contribution < 1.29 is 4.79 Å². The molecule has 1 saturated heterocycles. The van der Waals surface area contributed by atoms with Crippen molar-refractivity contribution in [3.8, 4) is 0 Å². The quantitative estimate of drug-likeness (QED) is 0.515. The average Bonchev–Trinajstić information content (AvgIpc) is 1.79. The van der Waals surface area contributed by atoms with Crippen molar-refractivity contribution in [1.82, 2.24) is 5.32 Å². The molecule has 2 nitrogen and oxygen atoms in total. The van der Waals surface area contributed by atoms with Gasteiger partial charge in [0, 0.05) is 12.0 Å². The summed E-state index contributed by atoms with van der Waals surface area (Å²) in [5.41, 5.74) is 0.0249. The van der Waals surface area contributed by atoms with E-state index >= 15 is 0 Å². The third kappa shape index (κ3) is 1.07. The van der Waals surface area contributed by atoms with E-state index in [1.54, 1.807) is 0 Å². The van der Waals surface area contributed by atoms with Crippen LogP contribution in [0, 0.1) is 5.92 Å². The molecule has 1 aliphatic rings. The van der Waals surface area contributed by atoms with Crippen LogP contribution >= 0.6 is 0 Å². The molecule has 1 fully saturated rings. The molecule has 0 saturated carbocycles. The van der Waals surface area contributed by atoms with Crippen LogP contribution in [0.3, 0.4) is 0 Å². The Morgan fingerprint density at radius 2 is 2.22 bits per heavy atom. The molecule has 52 valence electrons. The van der Waals surface area contributed by atoms with Gasteiger partial charge in [0.2, 0.25) is 5.91 Å². The normalized spacial score (nSPS) is 32.3. The van der Waals surface area contributed by atoms with Gasteiger partial charge in [-0.15, -0.1) is 0 Å². The number of nitrogens with one attached hydrogen (secondary N) is 1. The lowest BCUT2D eigenvalue weighted by atomic mass is 9.91. The largest absolute Gasteiger partial charge is 0.351 e. The van der Waals surface area contributed by atoms with Gasteiger partial charge in [0.25, 0.3) is 0 Å². The fraction of sp³-hybridized carbons (Fsp3) is 0.857. The first-order chi connectivity index (χ1) is 4.02. The Morgan fingerprint density at radius 3 is 2.33 bits per heavy atom. The second-order valence-corrected chi connectivity index (χ2v) is 3.38. The fourth-order valence-corrected chi connectivity index (χ4v) is 1.07. The summed E-state index contributed by atoms with van der Waals surface area (Å²) in [4.78, 5) is 10.8. The van der Waals surface area contributed by atoms with E-state index in [-0.39, 0.29) is 11.4 Å². The molecular weight excluding hydrogens is 114 g/mol. The van der Waals surface area contributed by atoms with Crippen LogP contribution in [-0.2, 0) is 4.79 Å². The average molecular weight is 127 g/mol. The Labute approximate surface area is 55.6 Å². The molecule has 1 aliphatic heterocycles. The number of amides is 1. The van der Waals surface area contributed by atoms with E-state index in [9.17, 15) is 4.79 Å². The Kier molecular flexibility index (Phi) is 1.26. The molecule has 0 radical (unpaired) electrons. The lowest BCUT2D eigenvalue weighted by molar-refractivity contribution is -0.119. The zero-order valence-electron chi connectivity index (χ0n) is 6.19. The highest BCUT2D eigenvalue weighted by Gasteiger charge is 2.35. The van der Waals surface area contributed by atoms with Crippen LogP contribution in [0.5, 0.6) is 0 Å². The van der Waals surface area contributed by atoms with Crippen molar-refractivity contribution in [2.24, 2.45) is 5.92 Å². The summed E-state index contributed by atoms with van der Waals surface area (Å²) >= 11 is 0. The highest BCUT2D eigenvalue weighted by atomic mass is 16.2. The van der Waals surface area contributed by atoms with E-state index in [2.05, 4.69) is 26.1 Å². The van der Waals surface area contributed by atoms with Crippen LogP contribution in [0.1, 0.15) is 27.2 Å². The van der Waals surface area contributed by atoms with Gasteiger partial charge in [-0.1, -0.05) is 6.92 Å². The number of carbonyl (C=O) groups excluding carboxylic acids is 1.